The van der Waals surface area contributed by atoms with Crippen molar-refractivity contribution in [1.29, 1.82) is 0 Å². The van der Waals surface area contributed by atoms with Gasteiger partial charge >= 0.3 is 0 Å². The predicted octanol–water partition coefficient (Wildman–Crippen LogP) is 4.36. The Bertz CT molecular complexity index is 417. The van der Waals surface area contributed by atoms with Crippen molar-refractivity contribution in [3.05, 3.63) is 35.6 Å². The SMILES string of the molecule is CC(C)CCN(CCC(C)C)C(=O)c1ccccc1F. The predicted molar refractivity (Wildman–Crippen MR) is 81.2 cm³/mol. The second kappa shape index (κ2) is 8.03. The highest BCUT2D eigenvalue weighted by atomic mass is 19.1. The van der Waals surface area contributed by atoms with Gasteiger partial charge < -0.3 is 4.90 Å². The van der Waals surface area contributed by atoms with E-state index in [0.29, 0.717) is 24.9 Å². The van der Waals surface area contributed by atoms with Gasteiger partial charge in [0.1, 0.15) is 5.82 Å². The van der Waals surface area contributed by atoms with Crippen molar-refractivity contribution < 1.29 is 9.18 Å². The van der Waals surface area contributed by atoms with E-state index < -0.39 is 5.82 Å². The highest BCUT2D eigenvalue weighted by Gasteiger charge is 2.19. The molecule has 0 heterocycles. The summed E-state index contributed by atoms with van der Waals surface area (Å²) in [7, 11) is 0. The first kappa shape index (κ1) is 16.7. The maximum atomic E-state index is 13.8. The molecular weight excluding hydrogens is 253 g/mol. The Balaban J connectivity index is 2.80. The summed E-state index contributed by atoms with van der Waals surface area (Å²) in [5.41, 5.74) is 0.181. The first-order chi connectivity index (χ1) is 9.41. The van der Waals surface area contributed by atoms with Gasteiger partial charge in [-0.05, 0) is 36.8 Å². The average molecular weight is 279 g/mol. The minimum Gasteiger partial charge on any atom is -0.339 e. The van der Waals surface area contributed by atoms with Crippen LogP contribution >= 0.6 is 0 Å². The molecule has 0 saturated carbocycles. The fourth-order valence-corrected chi connectivity index (χ4v) is 1.95. The summed E-state index contributed by atoms with van der Waals surface area (Å²) in [6.07, 6.45) is 1.89. The summed E-state index contributed by atoms with van der Waals surface area (Å²) in [5.74, 6) is 0.441. The topological polar surface area (TPSA) is 20.3 Å². The third kappa shape index (κ3) is 5.32. The van der Waals surface area contributed by atoms with Gasteiger partial charge in [-0.25, -0.2) is 4.39 Å². The minimum absolute atomic E-state index is 0.181. The van der Waals surface area contributed by atoms with Gasteiger partial charge in [0.2, 0.25) is 0 Å². The zero-order chi connectivity index (χ0) is 15.1. The van der Waals surface area contributed by atoms with E-state index in [-0.39, 0.29) is 11.5 Å². The van der Waals surface area contributed by atoms with Crippen molar-refractivity contribution in [3.8, 4) is 0 Å². The lowest BCUT2D eigenvalue weighted by atomic mass is 10.1. The van der Waals surface area contributed by atoms with Crippen LogP contribution in [0.1, 0.15) is 50.9 Å². The molecule has 1 amide bonds. The van der Waals surface area contributed by atoms with Crippen LogP contribution in [0.25, 0.3) is 0 Å². The third-order valence-electron chi connectivity index (χ3n) is 3.34. The number of amides is 1. The van der Waals surface area contributed by atoms with Crippen LogP contribution in [0.5, 0.6) is 0 Å². The Morgan fingerprint density at radius 1 is 1.05 bits per heavy atom. The average Bonchev–Trinajstić information content (AvgIpc) is 2.38. The molecule has 0 aliphatic rings. The quantitative estimate of drug-likeness (QED) is 0.726. The Kier molecular flexibility index (Phi) is 6.69. The summed E-state index contributed by atoms with van der Waals surface area (Å²) >= 11 is 0. The summed E-state index contributed by atoms with van der Waals surface area (Å²) in [4.78, 5) is 14.3. The standard InChI is InChI=1S/C17H26FNO/c1-13(2)9-11-19(12-10-14(3)4)17(20)15-7-5-6-8-16(15)18/h5-8,13-14H,9-12H2,1-4H3. The Labute approximate surface area is 122 Å². The number of hydrogen-bond donors (Lipinski definition) is 0. The number of rotatable bonds is 7. The number of hydrogen-bond acceptors (Lipinski definition) is 1. The third-order valence-corrected chi connectivity index (χ3v) is 3.34. The van der Waals surface area contributed by atoms with E-state index in [1.165, 1.54) is 6.07 Å². The Hall–Kier alpha value is -1.38. The number of benzene rings is 1. The monoisotopic (exact) mass is 279 g/mol. The number of nitrogens with zero attached hydrogens (tertiary/aromatic N) is 1. The smallest absolute Gasteiger partial charge is 0.256 e. The molecule has 0 atom stereocenters. The van der Waals surface area contributed by atoms with E-state index in [4.69, 9.17) is 0 Å². The van der Waals surface area contributed by atoms with Gasteiger partial charge in [-0.2, -0.15) is 0 Å². The van der Waals surface area contributed by atoms with Gasteiger partial charge in [0.15, 0.2) is 0 Å². The normalized spacial score (nSPS) is 11.2. The summed E-state index contributed by atoms with van der Waals surface area (Å²) in [6.45, 7) is 9.92. The van der Waals surface area contributed by atoms with Crippen LogP contribution in [0, 0.1) is 17.7 Å². The van der Waals surface area contributed by atoms with Crippen LogP contribution in [0.3, 0.4) is 0 Å². The molecule has 1 rings (SSSR count). The van der Waals surface area contributed by atoms with Crippen LogP contribution in [0.15, 0.2) is 24.3 Å². The zero-order valence-electron chi connectivity index (χ0n) is 13.0. The number of carbonyl (C=O) groups excluding carboxylic acids is 1. The molecule has 0 unspecified atom stereocenters. The highest BCUT2D eigenvalue weighted by molar-refractivity contribution is 5.94. The van der Waals surface area contributed by atoms with Crippen molar-refractivity contribution in [2.45, 2.75) is 40.5 Å². The number of halogens is 1. The van der Waals surface area contributed by atoms with Gasteiger partial charge in [0.25, 0.3) is 5.91 Å². The summed E-state index contributed by atoms with van der Waals surface area (Å²) in [5, 5.41) is 0. The van der Waals surface area contributed by atoms with Crippen molar-refractivity contribution in [2.75, 3.05) is 13.1 Å². The van der Waals surface area contributed by atoms with E-state index >= 15 is 0 Å². The van der Waals surface area contributed by atoms with Crippen LogP contribution < -0.4 is 0 Å². The van der Waals surface area contributed by atoms with Gasteiger partial charge in [0, 0.05) is 13.1 Å². The molecule has 1 aromatic rings. The number of carbonyl (C=O) groups is 1. The maximum absolute atomic E-state index is 13.8. The molecule has 0 fully saturated rings. The molecule has 112 valence electrons. The zero-order valence-corrected chi connectivity index (χ0v) is 13.0. The molecule has 0 spiro atoms. The highest BCUT2D eigenvalue weighted by Crippen LogP contribution is 2.13. The molecule has 3 heteroatoms. The first-order valence-corrected chi connectivity index (χ1v) is 7.45. The maximum Gasteiger partial charge on any atom is 0.256 e. The molecule has 0 bridgehead atoms. The van der Waals surface area contributed by atoms with E-state index in [9.17, 15) is 9.18 Å². The van der Waals surface area contributed by atoms with Crippen molar-refractivity contribution in [2.24, 2.45) is 11.8 Å². The lowest BCUT2D eigenvalue weighted by Gasteiger charge is -2.24. The minimum atomic E-state index is -0.434. The molecule has 20 heavy (non-hydrogen) atoms. The first-order valence-electron chi connectivity index (χ1n) is 7.45. The Morgan fingerprint density at radius 3 is 2.00 bits per heavy atom. The van der Waals surface area contributed by atoms with E-state index in [2.05, 4.69) is 27.7 Å². The summed E-state index contributed by atoms with van der Waals surface area (Å²) < 4.78 is 13.8. The largest absolute Gasteiger partial charge is 0.339 e. The summed E-state index contributed by atoms with van der Waals surface area (Å²) in [6, 6.07) is 6.23. The second-order valence-electron chi connectivity index (χ2n) is 6.14. The molecule has 0 N–H and O–H groups in total. The van der Waals surface area contributed by atoms with Crippen molar-refractivity contribution >= 4 is 5.91 Å². The Morgan fingerprint density at radius 2 is 1.55 bits per heavy atom. The van der Waals surface area contributed by atoms with E-state index in [1.54, 1.807) is 23.1 Å². The van der Waals surface area contributed by atoms with Crippen molar-refractivity contribution in [3.63, 3.8) is 0 Å². The van der Waals surface area contributed by atoms with Gasteiger partial charge in [-0.3, -0.25) is 4.79 Å². The van der Waals surface area contributed by atoms with Gasteiger partial charge in [0.05, 0.1) is 5.56 Å². The van der Waals surface area contributed by atoms with Crippen LogP contribution in [0.2, 0.25) is 0 Å². The van der Waals surface area contributed by atoms with Gasteiger partial charge in [-0.1, -0.05) is 39.8 Å². The molecule has 0 aliphatic heterocycles. The fraction of sp³-hybridized carbons (Fsp3) is 0.588. The molecule has 0 radical (unpaired) electrons. The van der Waals surface area contributed by atoms with E-state index in [0.717, 1.165) is 12.8 Å². The van der Waals surface area contributed by atoms with Gasteiger partial charge in [-0.15, -0.1) is 0 Å². The lowest BCUT2D eigenvalue weighted by molar-refractivity contribution is 0.0736. The molecule has 1 aromatic carbocycles. The second-order valence-corrected chi connectivity index (χ2v) is 6.14. The molecule has 0 saturated heterocycles. The van der Waals surface area contributed by atoms with Crippen LogP contribution in [-0.2, 0) is 0 Å². The lowest BCUT2D eigenvalue weighted by Crippen LogP contribution is -2.34. The van der Waals surface area contributed by atoms with Crippen LogP contribution in [0.4, 0.5) is 4.39 Å². The molecule has 2 nitrogen and oxygen atoms in total. The van der Waals surface area contributed by atoms with Crippen LogP contribution in [-0.4, -0.2) is 23.9 Å². The van der Waals surface area contributed by atoms with E-state index in [1.807, 2.05) is 0 Å². The molecule has 0 aromatic heterocycles. The molecule has 0 aliphatic carbocycles. The van der Waals surface area contributed by atoms with Crippen molar-refractivity contribution in [1.82, 2.24) is 4.90 Å². The molecular formula is C17H26FNO. The fourth-order valence-electron chi connectivity index (χ4n) is 1.95.